The van der Waals surface area contributed by atoms with Crippen LogP contribution in [0.4, 0.5) is 0 Å². The molecule has 12 heteroatoms. The number of rotatable bonds is 5. The Bertz CT molecular complexity index is 1380. The van der Waals surface area contributed by atoms with E-state index in [0.717, 1.165) is 0 Å². The van der Waals surface area contributed by atoms with Gasteiger partial charge in [-0.05, 0) is 13.0 Å². The summed E-state index contributed by atoms with van der Waals surface area (Å²) < 4.78 is 17.0. The third kappa shape index (κ3) is 4.11. The number of Topliss-reactive ketones (excluding diaryl/α,β-unsaturated/α-hetero) is 1. The molecule has 39 heavy (non-hydrogen) atoms. The van der Waals surface area contributed by atoms with Gasteiger partial charge in [-0.2, -0.15) is 0 Å². The second-order valence-electron chi connectivity index (χ2n) is 10.2. The molecule has 0 spiro atoms. The maximum Gasteiger partial charge on any atom is 0.202 e. The van der Waals surface area contributed by atoms with Crippen LogP contribution in [0.3, 0.4) is 0 Å². The highest BCUT2D eigenvalue weighted by molar-refractivity contribution is 6.31. The summed E-state index contributed by atoms with van der Waals surface area (Å²) in [5.41, 5.74) is 2.37. The Morgan fingerprint density at radius 2 is 1.85 bits per heavy atom. The van der Waals surface area contributed by atoms with E-state index in [4.69, 9.17) is 19.9 Å². The summed E-state index contributed by atoms with van der Waals surface area (Å²) in [4.78, 5) is 39.7. The third-order valence-electron chi connectivity index (χ3n) is 7.81. The van der Waals surface area contributed by atoms with Crippen LogP contribution < -0.4 is 10.5 Å². The Kier molecular flexibility index (Phi) is 6.74. The Morgan fingerprint density at radius 3 is 2.49 bits per heavy atom. The average Bonchev–Trinajstić information content (AvgIpc) is 2.90. The number of hydrogen-bond acceptors (Lipinski definition) is 12. The molecule has 12 nitrogen and oxygen atoms in total. The topological polar surface area (TPSA) is 206 Å². The number of hydrogen-bond donors (Lipinski definition) is 6. The number of methoxy groups -OCH3 is 1. The van der Waals surface area contributed by atoms with E-state index in [1.54, 1.807) is 6.92 Å². The molecule has 0 bridgehead atoms. The minimum Gasteiger partial charge on any atom is -0.507 e. The number of carbonyl (C=O) groups is 3. The van der Waals surface area contributed by atoms with Crippen molar-refractivity contribution in [3.63, 3.8) is 0 Å². The lowest BCUT2D eigenvalue weighted by Gasteiger charge is -2.42. The van der Waals surface area contributed by atoms with Crippen LogP contribution in [0.1, 0.15) is 68.8 Å². The molecule has 0 radical (unpaired) electrons. The van der Waals surface area contributed by atoms with Crippen LogP contribution in [-0.2, 0) is 20.7 Å². The molecular weight excluding hydrogens is 513 g/mol. The first-order valence-corrected chi connectivity index (χ1v) is 12.4. The summed E-state index contributed by atoms with van der Waals surface area (Å²) in [6, 6.07) is 3.64. The van der Waals surface area contributed by atoms with Crippen LogP contribution in [0.2, 0.25) is 0 Å². The molecule has 1 fully saturated rings. The number of aliphatic hydroxyl groups excluding tert-OH is 2. The number of aliphatic hydroxyl groups is 3. The zero-order valence-corrected chi connectivity index (χ0v) is 21.2. The number of phenolic OH excluding ortho intramolecular Hbond substituents is 2. The molecule has 0 saturated carbocycles. The molecule has 0 aromatic heterocycles. The van der Waals surface area contributed by atoms with Crippen molar-refractivity contribution < 1.29 is 54.1 Å². The molecule has 5 rings (SSSR count). The fourth-order valence-electron chi connectivity index (χ4n) is 5.75. The highest BCUT2D eigenvalue weighted by atomic mass is 16.7. The lowest BCUT2D eigenvalue weighted by Crippen LogP contribution is -2.53. The molecule has 7 N–H and O–H groups in total. The lowest BCUT2D eigenvalue weighted by molar-refractivity contribution is -0.247. The van der Waals surface area contributed by atoms with Gasteiger partial charge in [-0.25, -0.2) is 0 Å². The van der Waals surface area contributed by atoms with Crippen molar-refractivity contribution in [3.8, 4) is 17.2 Å². The Hall–Kier alpha value is -3.39. The van der Waals surface area contributed by atoms with Crippen molar-refractivity contribution in [1.82, 2.24) is 0 Å². The van der Waals surface area contributed by atoms with E-state index >= 15 is 0 Å². The van der Waals surface area contributed by atoms with Gasteiger partial charge in [-0.15, -0.1) is 0 Å². The number of phenols is 2. The minimum atomic E-state index is -2.24. The maximum absolute atomic E-state index is 13.6. The third-order valence-corrected chi connectivity index (χ3v) is 7.81. The highest BCUT2D eigenvalue weighted by Crippen LogP contribution is 2.52. The average molecular weight is 543 g/mol. The predicted molar refractivity (Wildman–Crippen MR) is 132 cm³/mol. The maximum atomic E-state index is 13.6. The van der Waals surface area contributed by atoms with Crippen molar-refractivity contribution in [1.29, 1.82) is 0 Å². The van der Waals surface area contributed by atoms with E-state index in [-0.39, 0.29) is 34.4 Å². The van der Waals surface area contributed by atoms with Crippen molar-refractivity contribution in [2.24, 2.45) is 5.73 Å². The summed E-state index contributed by atoms with van der Waals surface area (Å²) in [5, 5.41) is 53.7. The van der Waals surface area contributed by atoms with Crippen LogP contribution in [-0.4, -0.2) is 86.7 Å². The molecule has 3 aliphatic rings. The molecule has 2 aromatic rings. The first-order valence-electron chi connectivity index (χ1n) is 12.4. The molecule has 2 aromatic carbocycles. The number of ether oxygens (including phenoxy) is 3. The van der Waals surface area contributed by atoms with Crippen LogP contribution in [0.25, 0.3) is 0 Å². The summed E-state index contributed by atoms with van der Waals surface area (Å²) in [5.74, 6) is -3.77. The van der Waals surface area contributed by atoms with E-state index in [0.29, 0.717) is 0 Å². The van der Waals surface area contributed by atoms with Crippen LogP contribution in [0.5, 0.6) is 17.2 Å². The molecule has 1 aliphatic heterocycles. The first-order chi connectivity index (χ1) is 18.4. The Morgan fingerprint density at radius 1 is 1.15 bits per heavy atom. The second-order valence-corrected chi connectivity index (χ2v) is 10.2. The summed E-state index contributed by atoms with van der Waals surface area (Å²) in [6.45, 7) is 0.560. The van der Waals surface area contributed by atoms with Gasteiger partial charge in [0.15, 0.2) is 17.9 Å². The van der Waals surface area contributed by atoms with Crippen LogP contribution in [0, 0.1) is 0 Å². The molecule has 2 aliphatic carbocycles. The second kappa shape index (κ2) is 9.66. The fourth-order valence-corrected chi connectivity index (χ4v) is 5.75. The zero-order valence-electron chi connectivity index (χ0n) is 21.2. The predicted octanol–water partition coefficient (Wildman–Crippen LogP) is 0.00130. The smallest absolute Gasteiger partial charge is 0.202 e. The quantitative estimate of drug-likeness (QED) is 0.236. The molecule has 0 amide bonds. The van der Waals surface area contributed by atoms with Gasteiger partial charge in [0.1, 0.15) is 29.5 Å². The zero-order chi connectivity index (χ0) is 28.4. The van der Waals surface area contributed by atoms with Gasteiger partial charge in [0.2, 0.25) is 5.78 Å². The first kappa shape index (κ1) is 27.2. The van der Waals surface area contributed by atoms with Crippen molar-refractivity contribution in [3.05, 3.63) is 51.6 Å². The van der Waals surface area contributed by atoms with Gasteiger partial charge in [0, 0.05) is 42.0 Å². The van der Waals surface area contributed by atoms with Crippen LogP contribution >= 0.6 is 0 Å². The number of fused-ring (bicyclic) bond motifs is 3. The largest absolute Gasteiger partial charge is 0.507 e. The van der Waals surface area contributed by atoms with E-state index in [1.807, 2.05) is 0 Å². The van der Waals surface area contributed by atoms with Gasteiger partial charge in [-0.3, -0.25) is 14.4 Å². The lowest BCUT2D eigenvalue weighted by atomic mass is 9.72. The van der Waals surface area contributed by atoms with E-state index < -0.39 is 95.7 Å². The molecule has 0 unspecified atom stereocenters. The van der Waals surface area contributed by atoms with Gasteiger partial charge in [0.05, 0.1) is 42.1 Å². The number of carbonyl (C=O) groups excluding carboxylic acids is 3. The highest BCUT2D eigenvalue weighted by Gasteiger charge is 2.50. The number of benzene rings is 2. The Balaban J connectivity index is 1.69. The number of ketones is 3. The normalized spacial score (nSPS) is 29.8. The van der Waals surface area contributed by atoms with Crippen molar-refractivity contribution in [2.45, 2.75) is 62.4 Å². The number of nitrogens with two attached hydrogens (primary N) is 1. The van der Waals surface area contributed by atoms with Gasteiger partial charge in [0.25, 0.3) is 0 Å². The molecule has 1 saturated heterocycles. The number of aromatic hydroxyl groups is 2. The van der Waals surface area contributed by atoms with E-state index in [2.05, 4.69) is 0 Å². The standard InChI is InChI=1S/C27H29NO11/c1-10-22(31)13(28)6-17(38-10)39-15-8-27(36,16(30)9-29)7-12-19(15)26(35)21-20(24(12)33)23(32)11-4-3-5-14(37-2)18(11)25(21)34/h3-5,10,13,15,17,22,29,31,33,35-36H,6-9,28H2,1-2H3/t10-,13-,15-,17-,22+,27-/m0/s1/i2-1. The Labute approximate surface area is 222 Å². The summed E-state index contributed by atoms with van der Waals surface area (Å²) >= 11 is 0. The molecule has 208 valence electrons. The molecular formula is C27H29NO11. The van der Waals surface area contributed by atoms with Gasteiger partial charge in [-0.1, -0.05) is 12.1 Å². The van der Waals surface area contributed by atoms with Crippen LogP contribution in [0.15, 0.2) is 18.2 Å². The van der Waals surface area contributed by atoms with E-state index in [9.17, 15) is 39.9 Å². The fraction of sp³-hybridized carbons (Fsp3) is 0.444. The van der Waals surface area contributed by atoms with Gasteiger partial charge >= 0.3 is 0 Å². The van der Waals surface area contributed by atoms with E-state index in [1.165, 1.54) is 25.3 Å². The van der Waals surface area contributed by atoms with Crippen molar-refractivity contribution >= 4 is 17.3 Å². The monoisotopic (exact) mass is 542 g/mol. The molecule has 1 heterocycles. The SMILES string of the molecule is C[C@@H]1O[C@@H](O[C@H]2C[C@](O)(C(=O)CO)Cc3c(O)c4c(c(O)c32)C(=O)c2c(O[11CH3])cccc2C4=O)C[C@H](N)[C@@H]1O. The summed E-state index contributed by atoms with van der Waals surface area (Å²) in [7, 11) is 1.32. The minimum absolute atomic E-state index is 0.0173. The molecule has 6 atom stereocenters. The van der Waals surface area contributed by atoms with Gasteiger partial charge < -0.3 is 45.5 Å². The summed E-state index contributed by atoms with van der Waals surface area (Å²) in [6.07, 6.45) is -5.12. The van der Waals surface area contributed by atoms with Crippen molar-refractivity contribution in [2.75, 3.05) is 13.7 Å².